The zero-order valence-corrected chi connectivity index (χ0v) is 10.5. The monoisotopic (exact) mass is 250 g/mol. The third kappa shape index (κ3) is 2.98. The maximum Gasteiger partial charge on any atom is 0.310 e. The van der Waals surface area contributed by atoms with Gasteiger partial charge in [0.05, 0.1) is 11.5 Å². The summed E-state index contributed by atoms with van der Waals surface area (Å²) in [5.41, 5.74) is 7.08. The molecule has 0 radical (unpaired) electrons. The minimum absolute atomic E-state index is 0.0144. The van der Waals surface area contributed by atoms with Crippen molar-refractivity contribution in [2.75, 3.05) is 6.61 Å². The van der Waals surface area contributed by atoms with Gasteiger partial charge in [-0.05, 0) is 43.7 Å². The van der Waals surface area contributed by atoms with Crippen LogP contribution in [0.25, 0.3) is 0 Å². The van der Waals surface area contributed by atoms with Gasteiger partial charge in [0.2, 0.25) is 0 Å². The van der Waals surface area contributed by atoms with Crippen molar-refractivity contribution >= 4 is 5.69 Å². The topological polar surface area (TPSA) is 78.4 Å². The Morgan fingerprint density at radius 2 is 2.28 bits per heavy atom. The molecule has 0 spiro atoms. The molecule has 18 heavy (non-hydrogen) atoms. The quantitative estimate of drug-likeness (QED) is 0.620. The second-order valence-electron chi connectivity index (χ2n) is 4.70. The van der Waals surface area contributed by atoms with Gasteiger partial charge in [-0.15, -0.1) is 0 Å². The molecule has 2 N–H and O–H groups in total. The molecule has 5 heteroatoms. The second-order valence-corrected chi connectivity index (χ2v) is 4.70. The predicted octanol–water partition coefficient (Wildman–Crippen LogP) is 2.27. The maximum absolute atomic E-state index is 10.8. The third-order valence-corrected chi connectivity index (χ3v) is 3.22. The van der Waals surface area contributed by atoms with Gasteiger partial charge in [-0.1, -0.05) is 6.07 Å². The second kappa shape index (κ2) is 5.35. The average Bonchev–Trinajstić information content (AvgIpc) is 3.13. The van der Waals surface area contributed by atoms with Crippen LogP contribution < -0.4 is 10.5 Å². The summed E-state index contributed by atoms with van der Waals surface area (Å²) in [6, 6.07) is 5.16. The van der Waals surface area contributed by atoms with Crippen molar-refractivity contribution in [3.8, 4) is 5.75 Å². The summed E-state index contributed by atoms with van der Waals surface area (Å²) in [6.45, 7) is 2.23. The first-order chi connectivity index (χ1) is 8.61. The number of hydrogen-bond donors (Lipinski definition) is 1. The Kier molecular flexibility index (Phi) is 3.81. The van der Waals surface area contributed by atoms with E-state index in [9.17, 15) is 10.1 Å². The molecule has 0 heterocycles. The van der Waals surface area contributed by atoms with Crippen LogP contribution in [0.1, 0.15) is 25.3 Å². The highest BCUT2D eigenvalue weighted by molar-refractivity contribution is 5.48. The molecule has 0 amide bonds. The van der Waals surface area contributed by atoms with Gasteiger partial charge in [0.1, 0.15) is 0 Å². The number of nitro groups is 1. The summed E-state index contributed by atoms with van der Waals surface area (Å²) in [4.78, 5) is 10.4. The van der Waals surface area contributed by atoms with Crippen molar-refractivity contribution in [3.63, 3.8) is 0 Å². The molecule has 1 aliphatic carbocycles. The molecule has 5 nitrogen and oxygen atoms in total. The molecule has 1 aromatic carbocycles. The third-order valence-electron chi connectivity index (χ3n) is 3.22. The highest BCUT2D eigenvalue weighted by Gasteiger charge is 2.28. The summed E-state index contributed by atoms with van der Waals surface area (Å²) in [5.74, 6) is 0.957. The van der Waals surface area contributed by atoms with Gasteiger partial charge >= 0.3 is 5.69 Å². The molecule has 0 aliphatic heterocycles. The van der Waals surface area contributed by atoms with Gasteiger partial charge < -0.3 is 10.5 Å². The van der Waals surface area contributed by atoms with E-state index >= 15 is 0 Å². The number of hydrogen-bond acceptors (Lipinski definition) is 4. The molecule has 1 unspecified atom stereocenters. The van der Waals surface area contributed by atoms with E-state index in [0.29, 0.717) is 18.3 Å². The van der Waals surface area contributed by atoms with E-state index in [0.717, 1.165) is 12.0 Å². The largest absolute Gasteiger partial charge is 0.487 e. The Morgan fingerprint density at radius 3 is 2.83 bits per heavy atom. The Bertz CT molecular complexity index is 444. The van der Waals surface area contributed by atoms with E-state index in [4.69, 9.17) is 10.5 Å². The van der Waals surface area contributed by atoms with E-state index in [1.165, 1.54) is 18.9 Å². The number of ether oxygens (including phenoxy) is 1. The molecular weight excluding hydrogens is 232 g/mol. The van der Waals surface area contributed by atoms with Crippen LogP contribution in [0.5, 0.6) is 5.75 Å². The summed E-state index contributed by atoms with van der Waals surface area (Å²) in [7, 11) is 0. The molecule has 98 valence electrons. The van der Waals surface area contributed by atoms with Gasteiger partial charge in [-0.25, -0.2) is 0 Å². The first-order valence-electron chi connectivity index (χ1n) is 6.27. The lowest BCUT2D eigenvalue weighted by molar-refractivity contribution is -0.385. The zero-order chi connectivity index (χ0) is 13.1. The number of nitrogens with zero attached hydrogens (tertiary/aromatic N) is 1. The van der Waals surface area contributed by atoms with E-state index < -0.39 is 4.92 Å². The predicted molar refractivity (Wildman–Crippen MR) is 68.7 cm³/mol. The Balaban J connectivity index is 2.16. The number of nitro benzene ring substituents is 1. The van der Waals surface area contributed by atoms with Crippen LogP contribution in [-0.4, -0.2) is 17.6 Å². The van der Waals surface area contributed by atoms with Crippen molar-refractivity contribution in [2.24, 2.45) is 11.7 Å². The summed E-state index contributed by atoms with van der Waals surface area (Å²) in [6.07, 6.45) is 3.15. The first-order valence-corrected chi connectivity index (χ1v) is 6.27. The standard InChI is InChI=1S/C13H18N2O3/c1-2-18-13-8-9(3-6-12(13)15(16)17)7-11(14)10-4-5-10/h3,6,8,10-11H,2,4-5,7,14H2,1H3. The van der Waals surface area contributed by atoms with Crippen LogP contribution in [0.4, 0.5) is 5.69 Å². The fourth-order valence-electron chi connectivity index (χ4n) is 2.07. The molecule has 1 fully saturated rings. The van der Waals surface area contributed by atoms with Gasteiger partial charge in [0.25, 0.3) is 0 Å². The normalized spacial score (nSPS) is 16.3. The summed E-state index contributed by atoms with van der Waals surface area (Å²) in [5, 5.41) is 10.8. The SMILES string of the molecule is CCOc1cc(CC(N)C2CC2)ccc1[N+](=O)[O-]. The molecule has 0 aromatic heterocycles. The van der Waals surface area contributed by atoms with Gasteiger partial charge in [-0.3, -0.25) is 10.1 Å². The van der Waals surface area contributed by atoms with Crippen LogP contribution in [0.2, 0.25) is 0 Å². The lowest BCUT2D eigenvalue weighted by Gasteiger charge is -2.11. The number of benzene rings is 1. The van der Waals surface area contributed by atoms with Crippen molar-refractivity contribution in [1.29, 1.82) is 0 Å². The van der Waals surface area contributed by atoms with E-state index in [1.54, 1.807) is 12.1 Å². The van der Waals surface area contributed by atoms with Crippen LogP contribution in [0.15, 0.2) is 18.2 Å². The summed E-state index contributed by atoms with van der Waals surface area (Å²) < 4.78 is 5.31. The fourth-order valence-corrected chi connectivity index (χ4v) is 2.07. The molecule has 2 rings (SSSR count). The van der Waals surface area contributed by atoms with Gasteiger partial charge in [0.15, 0.2) is 5.75 Å². The highest BCUT2D eigenvalue weighted by Crippen LogP contribution is 2.34. The van der Waals surface area contributed by atoms with E-state index in [2.05, 4.69) is 0 Å². The van der Waals surface area contributed by atoms with Crippen molar-refractivity contribution < 1.29 is 9.66 Å². The molecule has 0 bridgehead atoms. The number of nitrogens with two attached hydrogens (primary N) is 1. The molecule has 1 atom stereocenters. The van der Waals surface area contributed by atoms with Crippen molar-refractivity contribution in [1.82, 2.24) is 0 Å². The minimum Gasteiger partial charge on any atom is -0.487 e. The Hall–Kier alpha value is -1.62. The fraction of sp³-hybridized carbons (Fsp3) is 0.538. The summed E-state index contributed by atoms with van der Waals surface area (Å²) >= 11 is 0. The van der Waals surface area contributed by atoms with Crippen LogP contribution in [0.3, 0.4) is 0 Å². The smallest absolute Gasteiger partial charge is 0.310 e. The minimum atomic E-state index is -0.421. The molecule has 1 aromatic rings. The average molecular weight is 250 g/mol. The van der Waals surface area contributed by atoms with Crippen LogP contribution in [0, 0.1) is 16.0 Å². The number of rotatable bonds is 6. The zero-order valence-electron chi connectivity index (χ0n) is 10.5. The van der Waals surface area contributed by atoms with Crippen molar-refractivity contribution in [2.45, 2.75) is 32.2 Å². The van der Waals surface area contributed by atoms with Crippen LogP contribution in [-0.2, 0) is 6.42 Å². The maximum atomic E-state index is 10.8. The van der Waals surface area contributed by atoms with Crippen molar-refractivity contribution in [3.05, 3.63) is 33.9 Å². The van der Waals surface area contributed by atoms with E-state index in [-0.39, 0.29) is 11.7 Å². The first kappa shape index (κ1) is 12.8. The molecular formula is C13H18N2O3. The highest BCUT2D eigenvalue weighted by atomic mass is 16.6. The molecule has 1 aliphatic rings. The lowest BCUT2D eigenvalue weighted by atomic mass is 10.0. The Morgan fingerprint density at radius 1 is 1.56 bits per heavy atom. The van der Waals surface area contributed by atoms with E-state index in [1.807, 2.05) is 6.92 Å². The molecule has 1 saturated carbocycles. The Labute approximate surface area is 106 Å². The molecule has 0 saturated heterocycles. The lowest BCUT2D eigenvalue weighted by Crippen LogP contribution is -2.25. The van der Waals surface area contributed by atoms with Gasteiger partial charge in [0, 0.05) is 12.1 Å². The van der Waals surface area contributed by atoms with Crippen LogP contribution >= 0.6 is 0 Å². The van der Waals surface area contributed by atoms with Gasteiger partial charge in [-0.2, -0.15) is 0 Å².